The van der Waals surface area contributed by atoms with Crippen LogP contribution >= 0.6 is 0 Å². The molecule has 0 bridgehead atoms. The average molecular weight is 445 g/mol. The Morgan fingerprint density at radius 3 is 2.73 bits per heavy atom. The number of carbonyl (C=O) groups excluding carboxylic acids is 1. The molecule has 0 radical (unpaired) electrons. The topological polar surface area (TPSA) is 67.8 Å². The molecule has 2 atom stereocenters. The van der Waals surface area contributed by atoms with Crippen LogP contribution in [-0.2, 0) is 22.6 Å². The van der Waals surface area contributed by atoms with Crippen LogP contribution in [0.2, 0.25) is 0 Å². The van der Waals surface area contributed by atoms with Crippen molar-refractivity contribution >= 4 is 5.91 Å². The molecule has 1 amide bonds. The molecule has 0 aliphatic carbocycles. The molecule has 170 valence electrons. The van der Waals surface area contributed by atoms with Gasteiger partial charge in [0, 0.05) is 62.8 Å². The first kappa shape index (κ1) is 21.6. The molecule has 2 unspecified atom stereocenters. The van der Waals surface area contributed by atoms with Crippen LogP contribution in [0.4, 0.5) is 0 Å². The summed E-state index contributed by atoms with van der Waals surface area (Å²) < 4.78 is 11.8. The number of rotatable bonds is 6. The van der Waals surface area contributed by atoms with E-state index < -0.39 is 5.60 Å². The first-order valence-electron chi connectivity index (χ1n) is 11.3. The number of aromatic nitrogens is 2. The minimum absolute atomic E-state index is 0.0482. The standard InChI is InChI=1S/C26H28N4O3/c1-32-24-22(10-6-12-28-24)17-29-18-23(21-9-5-11-27-15-21)26(19-29)25(31)30(13-14-33-26)16-20-7-3-2-4-8-20/h2-12,15,23H,13-14,16-19H2,1H3. The lowest BCUT2D eigenvalue weighted by molar-refractivity contribution is -0.173. The van der Waals surface area contributed by atoms with Gasteiger partial charge in [0.25, 0.3) is 5.91 Å². The zero-order valence-corrected chi connectivity index (χ0v) is 18.8. The predicted octanol–water partition coefficient (Wildman–Crippen LogP) is 2.88. The molecule has 0 N–H and O–H groups in total. The van der Waals surface area contributed by atoms with Gasteiger partial charge in [0.2, 0.25) is 5.88 Å². The lowest BCUT2D eigenvalue weighted by atomic mass is 9.83. The molecule has 0 saturated carbocycles. The smallest absolute Gasteiger partial charge is 0.257 e. The quantitative estimate of drug-likeness (QED) is 0.583. The van der Waals surface area contributed by atoms with Gasteiger partial charge in [0.05, 0.1) is 13.7 Å². The van der Waals surface area contributed by atoms with Gasteiger partial charge in [-0.15, -0.1) is 0 Å². The molecule has 1 aromatic carbocycles. The second-order valence-corrected chi connectivity index (χ2v) is 8.63. The molecule has 33 heavy (non-hydrogen) atoms. The Labute approximate surface area is 194 Å². The number of pyridine rings is 2. The molecule has 3 aromatic rings. The molecule has 2 aliphatic heterocycles. The molecule has 7 heteroatoms. The fraction of sp³-hybridized carbons (Fsp3) is 0.346. The van der Waals surface area contributed by atoms with Gasteiger partial charge in [-0.25, -0.2) is 4.98 Å². The zero-order chi connectivity index (χ0) is 22.7. The fourth-order valence-electron chi connectivity index (χ4n) is 5.05. The van der Waals surface area contributed by atoms with Crippen LogP contribution in [0.25, 0.3) is 0 Å². The normalized spacial score (nSPS) is 23.2. The lowest BCUT2D eigenvalue weighted by Gasteiger charge is -2.42. The maximum atomic E-state index is 14.0. The summed E-state index contributed by atoms with van der Waals surface area (Å²) >= 11 is 0. The van der Waals surface area contributed by atoms with E-state index in [2.05, 4.69) is 27.0 Å². The maximum Gasteiger partial charge on any atom is 0.257 e. The highest BCUT2D eigenvalue weighted by Gasteiger charge is 2.57. The van der Waals surface area contributed by atoms with E-state index in [9.17, 15) is 4.79 Å². The number of hydrogen-bond donors (Lipinski definition) is 0. The number of likely N-dealkylation sites (tertiary alicyclic amines) is 1. The first-order chi connectivity index (χ1) is 16.2. The van der Waals surface area contributed by atoms with Crippen molar-refractivity contribution in [3.8, 4) is 5.88 Å². The van der Waals surface area contributed by atoms with Gasteiger partial charge >= 0.3 is 0 Å². The van der Waals surface area contributed by atoms with E-state index in [1.165, 1.54) is 0 Å². The molecular weight excluding hydrogens is 416 g/mol. The van der Waals surface area contributed by atoms with E-state index >= 15 is 0 Å². The van der Waals surface area contributed by atoms with E-state index in [-0.39, 0.29) is 11.8 Å². The summed E-state index contributed by atoms with van der Waals surface area (Å²) in [5.74, 6) is 0.546. The van der Waals surface area contributed by atoms with E-state index in [0.717, 1.165) is 16.7 Å². The van der Waals surface area contributed by atoms with Crippen molar-refractivity contribution in [1.29, 1.82) is 0 Å². The summed E-state index contributed by atoms with van der Waals surface area (Å²) in [6.45, 7) is 3.51. The zero-order valence-electron chi connectivity index (χ0n) is 18.8. The second kappa shape index (κ2) is 9.29. The van der Waals surface area contributed by atoms with Gasteiger partial charge in [0.1, 0.15) is 0 Å². The Hall–Kier alpha value is -3.29. The van der Waals surface area contributed by atoms with Crippen molar-refractivity contribution in [3.63, 3.8) is 0 Å². The summed E-state index contributed by atoms with van der Waals surface area (Å²) in [6.07, 6.45) is 5.34. The number of ether oxygens (including phenoxy) is 2. The number of benzene rings is 1. The number of carbonyl (C=O) groups is 1. The van der Waals surface area contributed by atoms with E-state index in [1.54, 1.807) is 19.5 Å². The monoisotopic (exact) mass is 444 g/mol. The SMILES string of the molecule is COc1ncccc1CN1CC(c2cccnc2)C2(C1)OCCN(Cc1ccccc1)C2=O. The summed E-state index contributed by atoms with van der Waals surface area (Å²) in [6, 6.07) is 18.0. The Kier molecular flexibility index (Phi) is 6.07. The molecule has 2 aromatic heterocycles. The summed E-state index contributed by atoms with van der Waals surface area (Å²) in [5, 5.41) is 0. The van der Waals surface area contributed by atoms with E-state index in [1.807, 2.05) is 53.6 Å². The van der Waals surface area contributed by atoms with Crippen molar-refractivity contribution in [2.24, 2.45) is 0 Å². The molecule has 2 fully saturated rings. The molecule has 1 spiro atoms. The summed E-state index contributed by atoms with van der Waals surface area (Å²) in [4.78, 5) is 26.8. The van der Waals surface area contributed by atoms with E-state index in [4.69, 9.17) is 9.47 Å². The number of morpholine rings is 1. The summed E-state index contributed by atoms with van der Waals surface area (Å²) in [5.41, 5.74) is 2.20. The van der Waals surface area contributed by atoms with Crippen LogP contribution in [0.15, 0.2) is 73.2 Å². The molecule has 2 saturated heterocycles. The molecule has 5 rings (SSSR count). The Bertz CT molecular complexity index is 1090. The number of nitrogens with zero attached hydrogens (tertiary/aromatic N) is 4. The largest absolute Gasteiger partial charge is 0.481 e. The number of hydrogen-bond acceptors (Lipinski definition) is 6. The van der Waals surface area contributed by atoms with Gasteiger partial charge in [-0.1, -0.05) is 42.5 Å². The van der Waals surface area contributed by atoms with Crippen LogP contribution in [0.3, 0.4) is 0 Å². The number of methoxy groups -OCH3 is 1. The van der Waals surface area contributed by atoms with Gasteiger partial charge in [-0.05, 0) is 23.3 Å². The Morgan fingerprint density at radius 1 is 1.09 bits per heavy atom. The van der Waals surface area contributed by atoms with Crippen LogP contribution in [-0.4, -0.2) is 64.6 Å². The van der Waals surface area contributed by atoms with Gasteiger partial charge < -0.3 is 14.4 Å². The molecule has 4 heterocycles. The molecular formula is C26H28N4O3. The molecule has 7 nitrogen and oxygen atoms in total. The predicted molar refractivity (Wildman–Crippen MR) is 124 cm³/mol. The maximum absolute atomic E-state index is 14.0. The first-order valence-corrected chi connectivity index (χ1v) is 11.3. The van der Waals surface area contributed by atoms with Crippen LogP contribution < -0.4 is 4.74 Å². The highest BCUT2D eigenvalue weighted by atomic mass is 16.5. The summed E-state index contributed by atoms with van der Waals surface area (Å²) in [7, 11) is 1.63. The lowest BCUT2D eigenvalue weighted by Crippen LogP contribution is -2.59. The fourth-order valence-corrected chi connectivity index (χ4v) is 5.05. The third kappa shape index (κ3) is 4.21. The van der Waals surface area contributed by atoms with Gasteiger partial charge in [0.15, 0.2) is 5.60 Å². The Balaban J connectivity index is 1.45. The second-order valence-electron chi connectivity index (χ2n) is 8.63. The third-order valence-corrected chi connectivity index (χ3v) is 6.57. The van der Waals surface area contributed by atoms with Crippen molar-refractivity contribution in [2.45, 2.75) is 24.6 Å². The van der Waals surface area contributed by atoms with Crippen molar-refractivity contribution in [2.75, 3.05) is 33.4 Å². The minimum atomic E-state index is -0.939. The Morgan fingerprint density at radius 2 is 1.94 bits per heavy atom. The number of amides is 1. The van der Waals surface area contributed by atoms with Crippen LogP contribution in [0.5, 0.6) is 5.88 Å². The highest BCUT2D eigenvalue weighted by Crippen LogP contribution is 2.42. The van der Waals surface area contributed by atoms with Crippen LogP contribution in [0.1, 0.15) is 22.6 Å². The third-order valence-electron chi connectivity index (χ3n) is 6.57. The van der Waals surface area contributed by atoms with Crippen molar-refractivity contribution in [1.82, 2.24) is 19.8 Å². The highest BCUT2D eigenvalue weighted by molar-refractivity contribution is 5.88. The van der Waals surface area contributed by atoms with Gasteiger partial charge in [-0.3, -0.25) is 14.7 Å². The van der Waals surface area contributed by atoms with E-state index in [0.29, 0.717) is 45.2 Å². The van der Waals surface area contributed by atoms with Crippen molar-refractivity contribution < 1.29 is 14.3 Å². The van der Waals surface area contributed by atoms with Crippen LogP contribution in [0, 0.1) is 0 Å². The van der Waals surface area contributed by atoms with Gasteiger partial charge in [-0.2, -0.15) is 0 Å². The minimum Gasteiger partial charge on any atom is -0.481 e. The average Bonchev–Trinajstić information content (AvgIpc) is 3.22. The molecule has 2 aliphatic rings. The van der Waals surface area contributed by atoms with Crippen molar-refractivity contribution in [3.05, 3.63) is 89.9 Å².